The van der Waals surface area contributed by atoms with Crippen LogP contribution in [0.2, 0.25) is 0 Å². The van der Waals surface area contributed by atoms with E-state index in [1.165, 1.54) is 12.1 Å². The van der Waals surface area contributed by atoms with Gasteiger partial charge in [0.1, 0.15) is 18.2 Å². The van der Waals surface area contributed by atoms with Gasteiger partial charge in [-0.25, -0.2) is 9.87 Å². The molecule has 1 amide bonds. The first-order valence-electron chi connectivity index (χ1n) is 9.91. The molecular weight excluding hydrogens is 383 g/mol. The summed E-state index contributed by atoms with van der Waals surface area (Å²) >= 11 is 0. The number of carbonyl (C=O) groups excluding carboxylic acids is 1. The van der Waals surface area contributed by atoms with Crippen LogP contribution in [0.4, 0.5) is 4.39 Å². The zero-order valence-corrected chi connectivity index (χ0v) is 16.5. The molecule has 0 aromatic heterocycles. The van der Waals surface area contributed by atoms with Crippen LogP contribution in [0.25, 0.3) is 11.1 Å². The Balaban J connectivity index is 1.42. The summed E-state index contributed by atoms with van der Waals surface area (Å²) in [6, 6.07) is 19.9. The van der Waals surface area contributed by atoms with E-state index < -0.39 is 0 Å². The van der Waals surface area contributed by atoms with E-state index in [0.717, 1.165) is 28.7 Å². The van der Waals surface area contributed by atoms with E-state index in [1.807, 2.05) is 41.3 Å². The fourth-order valence-corrected chi connectivity index (χ4v) is 3.63. The Bertz CT molecular complexity index is 1020. The number of ether oxygens (including phenoxy) is 1. The van der Waals surface area contributed by atoms with Crippen LogP contribution < -0.4 is 10.2 Å². The van der Waals surface area contributed by atoms with Gasteiger partial charge in [-0.3, -0.25) is 4.79 Å². The number of hydrogen-bond donors (Lipinski definition) is 2. The van der Waals surface area contributed by atoms with Gasteiger partial charge in [-0.05, 0) is 59.0 Å². The second-order valence-electron chi connectivity index (χ2n) is 7.26. The van der Waals surface area contributed by atoms with E-state index >= 15 is 0 Å². The van der Waals surface area contributed by atoms with Gasteiger partial charge >= 0.3 is 0 Å². The maximum atomic E-state index is 13.1. The Morgan fingerprint density at radius 3 is 2.40 bits per heavy atom. The molecule has 30 heavy (non-hydrogen) atoms. The van der Waals surface area contributed by atoms with Crippen LogP contribution in [-0.2, 0) is 13.0 Å². The van der Waals surface area contributed by atoms with Crippen molar-refractivity contribution in [2.75, 3.05) is 19.7 Å². The van der Waals surface area contributed by atoms with Crippen molar-refractivity contribution in [3.63, 3.8) is 0 Å². The smallest absolute Gasteiger partial charge is 0.254 e. The number of hydroxylamine groups is 1. The minimum atomic E-state index is -0.250. The molecule has 6 heteroatoms. The average molecular weight is 406 g/mol. The lowest BCUT2D eigenvalue weighted by molar-refractivity contribution is 0.0727. The van der Waals surface area contributed by atoms with Crippen molar-refractivity contribution in [2.45, 2.75) is 13.0 Å². The molecule has 0 unspecified atom stereocenters. The molecule has 2 N–H and O–H groups in total. The molecule has 4 rings (SSSR count). The van der Waals surface area contributed by atoms with E-state index in [0.29, 0.717) is 37.6 Å². The lowest BCUT2D eigenvalue weighted by Crippen LogP contribution is -2.37. The van der Waals surface area contributed by atoms with Gasteiger partial charge < -0.3 is 14.8 Å². The number of halogens is 1. The molecule has 0 saturated carbocycles. The number of hydrogen-bond acceptors (Lipinski definition) is 4. The van der Waals surface area contributed by atoms with Crippen LogP contribution in [0.5, 0.6) is 5.75 Å². The molecule has 5 nitrogen and oxygen atoms in total. The molecule has 0 saturated heterocycles. The molecule has 0 fully saturated rings. The highest BCUT2D eigenvalue weighted by Gasteiger charge is 2.24. The summed E-state index contributed by atoms with van der Waals surface area (Å²) in [5.41, 5.74) is 6.76. The largest absolute Gasteiger partial charge is 0.492 e. The summed E-state index contributed by atoms with van der Waals surface area (Å²) in [4.78, 5) is 14.8. The van der Waals surface area contributed by atoms with Crippen LogP contribution in [-0.4, -0.2) is 35.7 Å². The van der Waals surface area contributed by atoms with E-state index in [4.69, 9.17) is 9.94 Å². The SMILES string of the molecule is O=C1c2ccc(OCCNO)cc2CCN1Cc1ccc(-c2ccc(F)cc2)cc1. The van der Waals surface area contributed by atoms with Gasteiger partial charge in [0.25, 0.3) is 5.91 Å². The first-order chi connectivity index (χ1) is 14.6. The maximum Gasteiger partial charge on any atom is 0.254 e. The summed E-state index contributed by atoms with van der Waals surface area (Å²) in [5, 5.41) is 8.61. The summed E-state index contributed by atoms with van der Waals surface area (Å²) in [6.07, 6.45) is 0.768. The van der Waals surface area contributed by atoms with Gasteiger partial charge in [0.15, 0.2) is 0 Å². The molecule has 0 aliphatic carbocycles. The Kier molecular flexibility index (Phi) is 6.07. The Hall–Kier alpha value is -3.22. The third-order valence-corrected chi connectivity index (χ3v) is 5.23. The summed E-state index contributed by atoms with van der Waals surface area (Å²) in [5.74, 6) is 0.462. The standard InChI is InChI=1S/C24H23FN2O3/c25-21-7-5-19(6-8-21)18-3-1-17(2-4-18)16-27-13-11-20-15-22(30-14-12-26-29)9-10-23(20)24(27)28/h1-10,15,26,29H,11-14,16H2. The number of amides is 1. The van der Waals surface area contributed by atoms with Gasteiger partial charge in [0.2, 0.25) is 0 Å². The van der Waals surface area contributed by atoms with Crippen LogP contribution in [0.3, 0.4) is 0 Å². The predicted molar refractivity (Wildman–Crippen MR) is 112 cm³/mol. The first-order valence-corrected chi connectivity index (χ1v) is 9.91. The zero-order valence-electron chi connectivity index (χ0n) is 16.5. The van der Waals surface area contributed by atoms with Crippen molar-refractivity contribution in [3.05, 3.63) is 89.2 Å². The zero-order chi connectivity index (χ0) is 20.9. The van der Waals surface area contributed by atoms with Gasteiger partial charge in [-0.2, -0.15) is 0 Å². The van der Waals surface area contributed by atoms with E-state index in [-0.39, 0.29) is 11.7 Å². The number of carbonyl (C=O) groups is 1. The first kappa shape index (κ1) is 20.1. The van der Waals surface area contributed by atoms with E-state index in [2.05, 4.69) is 5.48 Å². The Morgan fingerprint density at radius 2 is 1.70 bits per heavy atom. The number of fused-ring (bicyclic) bond motifs is 1. The van der Waals surface area contributed by atoms with Crippen molar-refractivity contribution in [2.24, 2.45) is 0 Å². The summed E-state index contributed by atoms with van der Waals surface area (Å²) < 4.78 is 18.7. The van der Waals surface area contributed by atoms with Crippen molar-refractivity contribution in [3.8, 4) is 16.9 Å². The molecule has 0 bridgehead atoms. The third kappa shape index (κ3) is 4.50. The van der Waals surface area contributed by atoms with Crippen LogP contribution in [0.15, 0.2) is 66.7 Å². The molecule has 0 radical (unpaired) electrons. The summed E-state index contributed by atoms with van der Waals surface area (Å²) in [6.45, 7) is 1.88. The Morgan fingerprint density at radius 1 is 1.00 bits per heavy atom. The highest BCUT2D eigenvalue weighted by molar-refractivity contribution is 5.97. The summed E-state index contributed by atoms with van der Waals surface area (Å²) in [7, 11) is 0. The molecule has 3 aromatic carbocycles. The number of nitrogens with one attached hydrogen (secondary N) is 1. The fraction of sp³-hybridized carbons (Fsp3) is 0.208. The highest BCUT2D eigenvalue weighted by atomic mass is 19.1. The second-order valence-corrected chi connectivity index (χ2v) is 7.26. The van der Waals surface area contributed by atoms with Crippen molar-refractivity contribution >= 4 is 5.91 Å². The van der Waals surface area contributed by atoms with Crippen molar-refractivity contribution in [1.29, 1.82) is 0 Å². The molecule has 0 atom stereocenters. The normalized spacial score (nSPS) is 13.3. The lowest BCUT2D eigenvalue weighted by Gasteiger charge is -2.29. The molecular formula is C24H23FN2O3. The average Bonchev–Trinajstić information content (AvgIpc) is 2.77. The second kappa shape index (κ2) is 9.07. The number of nitrogens with zero attached hydrogens (tertiary/aromatic N) is 1. The lowest BCUT2D eigenvalue weighted by atomic mass is 9.98. The monoisotopic (exact) mass is 406 g/mol. The van der Waals surface area contributed by atoms with Gasteiger partial charge in [-0.15, -0.1) is 0 Å². The molecule has 1 aliphatic heterocycles. The molecule has 154 valence electrons. The van der Waals surface area contributed by atoms with Gasteiger partial charge in [-0.1, -0.05) is 36.4 Å². The molecule has 0 spiro atoms. The minimum absolute atomic E-state index is 0.0161. The molecule has 1 aliphatic rings. The van der Waals surface area contributed by atoms with Gasteiger partial charge in [0.05, 0.1) is 6.54 Å². The van der Waals surface area contributed by atoms with E-state index in [1.54, 1.807) is 18.2 Å². The van der Waals surface area contributed by atoms with Crippen molar-refractivity contribution < 1.29 is 19.1 Å². The highest BCUT2D eigenvalue weighted by Crippen LogP contribution is 2.26. The number of benzene rings is 3. The van der Waals surface area contributed by atoms with Crippen LogP contribution >= 0.6 is 0 Å². The quantitative estimate of drug-likeness (QED) is 0.459. The topological polar surface area (TPSA) is 61.8 Å². The predicted octanol–water partition coefficient (Wildman–Crippen LogP) is 4.05. The minimum Gasteiger partial charge on any atom is -0.492 e. The fourth-order valence-electron chi connectivity index (χ4n) is 3.63. The van der Waals surface area contributed by atoms with E-state index in [9.17, 15) is 9.18 Å². The third-order valence-electron chi connectivity index (χ3n) is 5.23. The van der Waals surface area contributed by atoms with Crippen LogP contribution in [0.1, 0.15) is 21.5 Å². The Labute approximate surface area is 174 Å². The maximum absolute atomic E-state index is 13.1. The van der Waals surface area contributed by atoms with Crippen LogP contribution in [0, 0.1) is 5.82 Å². The number of rotatable bonds is 7. The van der Waals surface area contributed by atoms with Crippen molar-refractivity contribution in [1.82, 2.24) is 10.4 Å². The molecule has 3 aromatic rings. The van der Waals surface area contributed by atoms with Gasteiger partial charge in [0, 0.05) is 18.7 Å². The molecule has 1 heterocycles.